The fraction of sp³-hybridized carbons (Fsp3) is 0.538. The first-order chi connectivity index (χ1) is 8.15. The standard InChI is InChI=1S/C13H17NO3/c1-8(2)14-5-9-3-12-13(17-7-16-12)4-10(9)11(15)6-14/h3-4,8,11,15H,5-7H2,1-2H3. The molecule has 1 atom stereocenters. The van der Waals surface area contributed by atoms with E-state index in [0.717, 1.165) is 29.2 Å². The van der Waals surface area contributed by atoms with E-state index < -0.39 is 6.10 Å². The molecule has 0 amide bonds. The number of β-amino-alcohol motifs (C(OH)–C–C–N with tert-alkyl or cyclic N) is 1. The Morgan fingerprint density at radius 1 is 1.29 bits per heavy atom. The van der Waals surface area contributed by atoms with Crippen LogP contribution in [-0.4, -0.2) is 29.4 Å². The SMILES string of the molecule is CC(C)N1Cc2cc3c(cc2C(O)C1)OCO3. The topological polar surface area (TPSA) is 41.9 Å². The number of ether oxygens (including phenoxy) is 2. The Labute approximate surface area is 101 Å². The number of hydrogen-bond acceptors (Lipinski definition) is 4. The van der Waals surface area contributed by atoms with E-state index in [4.69, 9.17) is 9.47 Å². The maximum absolute atomic E-state index is 10.2. The van der Waals surface area contributed by atoms with Crippen molar-refractivity contribution < 1.29 is 14.6 Å². The van der Waals surface area contributed by atoms with Crippen LogP contribution in [0.5, 0.6) is 11.5 Å². The molecule has 0 radical (unpaired) electrons. The van der Waals surface area contributed by atoms with E-state index in [9.17, 15) is 5.11 Å². The van der Waals surface area contributed by atoms with Gasteiger partial charge in [-0.25, -0.2) is 0 Å². The van der Waals surface area contributed by atoms with Crippen LogP contribution in [0, 0.1) is 0 Å². The Bertz CT molecular complexity index is 445. The molecule has 1 aromatic rings. The second-order valence-electron chi connectivity index (χ2n) is 4.94. The zero-order valence-corrected chi connectivity index (χ0v) is 10.1. The van der Waals surface area contributed by atoms with Crippen molar-refractivity contribution in [2.24, 2.45) is 0 Å². The number of fused-ring (bicyclic) bond motifs is 2. The minimum absolute atomic E-state index is 0.280. The van der Waals surface area contributed by atoms with E-state index in [1.54, 1.807) is 0 Å². The molecule has 0 fully saturated rings. The summed E-state index contributed by atoms with van der Waals surface area (Å²) in [6.45, 7) is 6.11. The summed E-state index contributed by atoms with van der Waals surface area (Å²) in [7, 11) is 0. The van der Waals surface area contributed by atoms with Gasteiger partial charge in [0.2, 0.25) is 6.79 Å². The molecule has 1 N–H and O–H groups in total. The zero-order valence-electron chi connectivity index (χ0n) is 10.1. The van der Waals surface area contributed by atoms with Crippen molar-refractivity contribution >= 4 is 0 Å². The van der Waals surface area contributed by atoms with Crippen LogP contribution < -0.4 is 9.47 Å². The lowest BCUT2D eigenvalue weighted by molar-refractivity contribution is 0.0742. The average Bonchev–Trinajstić information content (AvgIpc) is 2.73. The van der Waals surface area contributed by atoms with Crippen molar-refractivity contribution in [2.45, 2.75) is 32.5 Å². The molecular weight excluding hydrogens is 218 g/mol. The van der Waals surface area contributed by atoms with Crippen LogP contribution in [0.1, 0.15) is 31.1 Å². The van der Waals surface area contributed by atoms with Gasteiger partial charge in [-0.05, 0) is 37.1 Å². The van der Waals surface area contributed by atoms with Crippen LogP contribution in [0.2, 0.25) is 0 Å². The van der Waals surface area contributed by atoms with Gasteiger partial charge >= 0.3 is 0 Å². The average molecular weight is 235 g/mol. The minimum Gasteiger partial charge on any atom is -0.454 e. The molecule has 0 spiro atoms. The summed E-state index contributed by atoms with van der Waals surface area (Å²) in [5.41, 5.74) is 2.12. The summed E-state index contributed by atoms with van der Waals surface area (Å²) in [4.78, 5) is 2.26. The highest BCUT2D eigenvalue weighted by atomic mass is 16.7. The molecule has 3 rings (SSSR count). The Balaban J connectivity index is 1.99. The molecule has 2 heterocycles. The number of hydrogen-bond donors (Lipinski definition) is 1. The molecular formula is C13H17NO3. The van der Waals surface area contributed by atoms with Crippen molar-refractivity contribution in [3.05, 3.63) is 23.3 Å². The summed E-state index contributed by atoms with van der Waals surface area (Å²) in [5, 5.41) is 10.2. The van der Waals surface area contributed by atoms with Gasteiger partial charge in [-0.15, -0.1) is 0 Å². The highest BCUT2D eigenvalue weighted by molar-refractivity contribution is 5.50. The van der Waals surface area contributed by atoms with Crippen LogP contribution in [0.3, 0.4) is 0 Å². The smallest absolute Gasteiger partial charge is 0.231 e. The van der Waals surface area contributed by atoms with Crippen LogP contribution in [0.4, 0.5) is 0 Å². The Morgan fingerprint density at radius 2 is 2.00 bits per heavy atom. The maximum Gasteiger partial charge on any atom is 0.231 e. The van der Waals surface area contributed by atoms with Gasteiger partial charge in [-0.1, -0.05) is 0 Å². The van der Waals surface area contributed by atoms with E-state index in [-0.39, 0.29) is 6.79 Å². The molecule has 0 aliphatic carbocycles. The molecule has 1 unspecified atom stereocenters. The lowest BCUT2D eigenvalue weighted by Crippen LogP contribution is -2.38. The first-order valence-electron chi connectivity index (χ1n) is 5.99. The fourth-order valence-corrected chi connectivity index (χ4v) is 2.44. The number of benzene rings is 1. The zero-order chi connectivity index (χ0) is 12.0. The summed E-state index contributed by atoms with van der Waals surface area (Å²) in [5.74, 6) is 1.54. The van der Waals surface area contributed by atoms with Crippen molar-refractivity contribution in [3.63, 3.8) is 0 Å². The van der Waals surface area contributed by atoms with Gasteiger partial charge in [0.05, 0.1) is 6.10 Å². The van der Waals surface area contributed by atoms with Gasteiger partial charge < -0.3 is 14.6 Å². The highest BCUT2D eigenvalue weighted by Crippen LogP contribution is 2.39. The third kappa shape index (κ3) is 1.77. The van der Waals surface area contributed by atoms with Crippen LogP contribution >= 0.6 is 0 Å². The van der Waals surface area contributed by atoms with Crippen molar-refractivity contribution in [3.8, 4) is 11.5 Å². The summed E-state index contributed by atoms with van der Waals surface area (Å²) in [6.07, 6.45) is -0.435. The third-order valence-electron chi connectivity index (χ3n) is 3.50. The van der Waals surface area contributed by atoms with E-state index in [1.807, 2.05) is 12.1 Å². The van der Waals surface area contributed by atoms with E-state index in [0.29, 0.717) is 12.6 Å². The maximum atomic E-state index is 10.2. The Hall–Kier alpha value is -1.26. The van der Waals surface area contributed by atoms with Gasteiger partial charge in [0, 0.05) is 19.1 Å². The lowest BCUT2D eigenvalue weighted by atomic mass is 9.96. The molecule has 2 aliphatic rings. The summed E-state index contributed by atoms with van der Waals surface area (Å²) >= 11 is 0. The molecule has 4 heteroatoms. The first-order valence-corrected chi connectivity index (χ1v) is 5.99. The molecule has 92 valence electrons. The molecule has 0 saturated heterocycles. The highest BCUT2D eigenvalue weighted by Gasteiger charge is 2.28. The largest absolute Gasteiger partial charge is 0.454 e. The second kappa shape index (κ2) is 3.89. The number of aliphatic hydroxyl groups excluding tert-OH is 1. The minimum atomic E-state index is -0.435. The monoisotopic (exact) mass is 235 g/mol. The molecule has 1 aromatic carbocycles. The Kier molecular flexibility index (Phi) is 2.49. The van der Waals surface area contributed by atoms with E-state index >= 15 is 0 Å². The predicted molar refractivity (Wildman–Crippen MR) is 63.1 cm³/mol. The predicted octanol–water partition coefficient (Wildman–Crippen LogP) is 1.67. The molecule has 2 aliphatic heterocycles. The van der Waals surface area contributed by atoms with Gasteiger partial charge in [-0.2, -0.15) is 0 Å². The Morgan fingerprint density at radius 3 is 2.71 bits per heavy atom. The van der Waals surface area contributed by atoms with E-state index in [1.165, 1.54) is 0 Å². The lowest BCUT2D eigenvalue weighted by Gasteiger charge is -2.34. The van der Waals surface area contributed by atoms with Crippen molar-refractivity contribution in [2.75, 3.05) is 13.3 Å². The number of rotatable bonds is 1. The van der Waals surface area contributed by atoms with Crippen LogP contribution in [0.15, 0.2) is 12.1 Å². The second-order valence-corrected chi connectivity index (χ2v) is 4.94. The summed E-state index contributed by atoms with van der Waals surface area (Å²) in [6, 6.07) is 4.35. The number of aliphatic hydroxyl groups is 1. The third-order valence-corrected chi connectivity index (χ3v) is 3.50. The number of nitrogens with zero attached hydrogens (tertiary/aromatic N) is 1. The van der Waals surface area contributed by atoms with Gasteiger partial charge in [-0.3, -0.25) is 4.90 Å². The normalized spacial score (nSPS) is 22.9. The molecule has 4 nitrogen and oxygen atoms in total. The van der Waals surface area contributed by atoms with Crippen LogP contribution in [0.25, 0.3) is 0 Å². The first kappa shape index (κ1) is 10.9. The quantitative estimate of drug-likeness (QED) is 0.804. The van der Waals surface area contributed by atoms with Gasteiger partial charge in [0.1, 0.15) is 0 Å². The van der Waals surface area contributed by atoms with Gasteiger partial charge in [0.15, 0.2) is 11.5 Å². The molecule has 0 bridgehead atoms. The van der Waals surface area contributed by atoms with Gasteiger partial charge in [0.25, 0.3) is 0 Å². The molecule has 17 heavy (non-hydrogen) atoms. The molecule has 0 saturated carbocycles. The van der Waals surface area contributed by atoms with Crippen molar-refractivity contribution in [1.82, 2.24) is 4.90 Å². The van der Waals surface area contributed by atoms with E-state index in [2.05, 4.69) is 18.7 Å². The molecule has 0 aromatic heterocycles. The van der Waals surface area contributed by atoms with Crippen molar-refractivity contribution in [1.29, 1.82) is 0 Å². The summed E-state index contributed by atoms with van der Waals surface area (Å²) < 4.78 is 10.7. The van der Waals surface area contributed by atoms with Crippen LogP contribution in [-0.2, 0) is 6.54 Å². The fourth-order valence-electron chi connectivity index (χ4n) is 2.44.